The molecule has 0 bridgehead atoms. The first-order valence-electron chi connectivity index (χ1n) is 10.0. The summed E-state index contributed by atoms with van der Waals surface area (Å²) in [5.74, 6) is 0.316. The van der Waals surface area contributed by atoms with Crippen LogP contribution >= 0.6 is 0 Å². The second kappa shape index (κ2) is 8.02. The zero-order valence-electron chi connectivity index (χ0n) is 16.2. The second-order valence-corrected chi connectivity index (χ2v) is 8.09. The van der Waals surface area contributed by atoms with E-state index in [-0.39, 0.29) is 30.5 Å². The van der Waals surface area contributed by atoms with Gasteiger partial charge in [-0.1, -0.05) is 36.4 Å². The standard InChI is InChI=1S/C23H27FN2O2/c1-25(23(28)18-8-5-9-19(24)12-18)14-20-22(17-6-3-2-4-7-17)21(15-27)26(20)13-16-10-11-16/h2-9,12,16,20-22,27H,10-11,13-15H2,1H3/t20-,21+,22-/m0/s1. The van der Waals surface area contributed by atoms with Gasteiger partial charge in [-0.15, -0.1) is 0 Å². The van der Waals surface area contributed by atoms with E-state index in [1.807, 2.05) is 18.2 Å². The largest absolute Gasteiger partial charge is 0.395 e. The van der Waals surface area contributed by atoms with E-state index in [0.29, 0.717) is 18.0 Å². The molecule has 2 aromatic carbocycles. The first-order chi connectivity index (χ1) is 13.6. The average molecular weight is 382 g/mol. The molecule has 1 aliphatic carbocycles. The van der Waals surface area contributed by atoms with Gasteiger partial charge < -0.3 is 10.0 Å². The molecule has 1 N–H and O–H groups in total. The topological polar surface area (TPSA) is 43.8 Å². The molecule has 148 valence electrons. The lowest BCUT2D eigenvalue weighted by Crippen LogP contribution is -2.67. The van der Waals surface area contributed by atoms with Gasteiger partial charge in [-0.3, -0.25) is 9.69 Å². The van der Waals surface area contributed by atoms with Crippen molar-refractivity contribution in [2.45, 2.75) is 30.8 Å². The van der Waals surface area contributed by atoms with Crippen molar-refractivity contribution in [2.75, 3.05) is 26.7 Å². The summed E-state index contributed by atoms with van der Waals surface area (Å²) in [6, 6.07) is 16.3. The Balaban J connectivity index is 1.53. The zero-order valence-corrected chi connectivity index (χ0v) is 16.2. The Morgan fingerprint density at radius 1 is 1.14 bits per heavy atom. The van der Waals surface area contributed by atoms with Crippen molar-refractivity contribution in [3.05, 3.63) is 71.5 Å². The van der Waals surface area contributed by atoms with Crippen LogP contribution in [0.5, 0.6) is 0 Å². The molecule has 0 radical (unpaired) electrons. The number of aliphatic hydroxyl groups is 1. The van der Waals surface area contributed by atoms with Gasteiger partial charge >= 0.3 is 0 Å². The monoisotopic (exact) mass is 382 g/mol. The third kappa shape index (κ3) is 3.82. The molecule has 4 nitrogen and oxygen atoms in total. The van der Waals surface area contributed by atoms with E-state index in [1.165, 1.54) is 30.5 Å². The van der Waals surface area contributed by atoms with Gasteiger partial charge in [0.15, 0.2) is 0 Å². The van der Waals surface area contributed by atoms with Crippen LogP contribution in [0.1, 0.15) is 34.7 Å². The molecule has 2 aliphatic rings. The maximum atomic E-state index is 13.5. The molecule has 1 heterocycles. The molecule has 3 atom stereocenters. The third-order valence-electron chi connectivity index (χ3n) is 6.10. The summed E-state index contributed by atoms with van der Waals surface area (Å²) in [5.41, 5.74) is 1.57. The fraction of sp³-hybridized carbons (Fsp3) is 0.435. The van der Waals surface area contributed by atoms with Gasteiger partial charge in [0.25, 0.3) is 5.91 Å². The lowest BCUT2D eigenvalue weighted by molar-refractivity contribution is -0.0545. The van der Waals surface area contributed by atoms with E-state index in [1.54, 1.807) is 24.1 Å². The molecule has 4 rings (SSSR count). The summed E-state index contributed by atoms with van der Waals surface area (Å²) in [6.45, 7) is 1.64. The van der Waals surface area contributed by atoms with Gasteiger partial charge in [-0.2, -0.15) is 0 Å². The van der Waals surface area contributed by atoms with Crippen LogP contribution < -0.4 is 0 Å². The van der Waals surface area contributed by atoms with Crippen LogP contribution in [0.4, 0.5) is 4.39 Å². The summed E-state index contributed by atoms with van der Waals surface area (Å²) >= 11 is 0. The maximum Gasteiger partial charge on any atom is 0.253 e. The number of hydrogen-bond acceptors (Lipinski definition) is 3. The molecule has 0 unspecified atom stereocenters. The Morgan fingerprint density at radius 3 is 2.54 bits per heavy atom. The lowest BCUT2D eigenvalue weighted by Gasteiger charge is -2.56. The van der Waals surface area contributed by atoms with Crippen LogP contribution in [0.25, 0.3) is 0 Å². The Hall–Kier alpha value is -2.24. The number of nitrogens with zero attached hydrogens (tertiary/aromatic N) is 2. The van der Waals surface area contributed by atoms with Crippen molar-refractivity contribution >= 4 is 5.91 Å². The second-order valence-electron chi connectivity index (χ2n) is 8.09. The SMILES string of the molecule is CN(C[C@H]1[C@H](c2ccccc2)[C@@H](CO)N1CC1CC1)C(=O)c1cccc(F)c1. The number of halogens is 1. The van der Waals surface area contributed by atoms with Gasteiger partial charge in [0.2, 0.25) is 0 Å². The number of rotatable bonds is 7. The van der Waals surface area contributed by atoms with E-state index in [9.17, 15) is 14.3 Å². The third-order valence-corrected chi connectivity index (χ3v) is 6.10. The number of hydrogen-bond donors (Lipinski definition) is 1. The molecule has 0 aromatic heterocycles. The molecule has 0 spiro atoms. The first kappa shape index (κ1) is 19.1. The highest BCUT2D eigenvalue weighted by atomic mass is 19.1. The summed E-state index contributed by atoms with van der Waals surface area (Å²) in [7, 11) is 1.77. The molecule has 2 aromatic rings. The molecule has 1 aliphatic heterocycles. The quantitative estimate of drug-likeness (QED) is 0.800. The van der Waals surface area contributed by atoms with E-state index < -0.39 is 5.82 Å². The lowest BCUT2D eigenvalue weighted by atomic mass is 9.74. The van der Waals surface area contributed by atoms with Crippen molar-refractivity contribution < 1.29 is 14.3 Å². The molecule has 5 heteroatoms. The first-order valence-corrected chi connectivity index (χ1v) is 10.0. The Kier molecular flexibility index (Phi) is 5.47. The van der Waals surface area contributed by atoms with Gasteiger partial charge in [-0.25, -0.2) is 4.39 Å². The minimum atomic E-state index is -0.402. The summed E-state index contributed by atoms with van der Waals surface area (Å²) in [4.78, 5) is 16.8. The molecule has 1 amide bonds. The molecule has 1 saturated carbocycles. The van der Waals surface area contributed by atoms with Gasteiger partial charge in [0.05, 0.1) is 6.61 Å². The molecule has 28 heavy (non-hydrogen) atoms. The van der Waals surface area contributed by atoms with Crippen LogP contribution in [0.2, 0.25) is 0 Å². The predicted molar refractivity (Wildman–Crippen MR) is 107 cm³/mol. The Bertz CT molecular complexity index is 824. The number of carbonyl (C=O) groups excluding carboxylic acids is 1. The van der Waals surface area contributed by atoms with Crippen molar-refractivity contribution in [1.29, 1.82) is 0 Å². The number of likely N-dealkylation sites (tertiary alicyclic amines) is 1. The summed E-state index contributed by atoms with van der Waals surface area (Å²) in [6.07, 6.45) is 2.49. The highest BCUT2D eigenvalue weighted by Crippen LogP contribution is 2.44. The van der Waals surface area contributed by atoms with Crippen LogP contribution in [-0.2, 0) is 0 Å². The molecule has 1 saturated heterocycles. The highest BCUT2D eigenvalue weighted by Gasteiger charge is 2.50. The number of likely N-dealkylation sites (N-methyl/N-ethyl adjacent to an activating group) is 1. The van der Waals surface area contributed by atoms with Crippen LogP contribution in [0.3, 0.4) is 0 Å². The molecular weight excluding hydrogens is 355 g/mol. The fourth-order valence-corrected chi connectivity index (χ4v) is 4.44. The maximum absolute atomic E-state index is 13.5. The van der Waals surface area contributed by atoms with Crippen molar-refractivity contribution in [3.63, 3.8) is 0 Å². The summed E-state index contributed by atoms with van der Waals surface area (Å²) in [5, 5.41) is 10.0. The normalized spacial score (nSPS) is 24.6. The fourth-order valence-electron chi connectivity index (χ4n) is 4.44. The highest BCUT2D eigenvalue weighted by molar-refractivity contribution is 5.94. The number of aliphatic hydroxyl groups excluding tert-OH is 1. The van der Waals surface area contributed by atoms with Gasteiger partial charge in [0, 0.05) is 43.7 Å². The minimum absolute atomic E-state index is 0.0886. The van der Waals surface area contributed by atoms with Crippen LogP contribution in [0.15, 0.2) is 54.6 Å². The number of amides is 1. The minimum Gasteiger partial charge on any atom is -0.395 e. The summed E-state index contributed by atoms with van der Waals surface area (Å²) < 4.78 is 13.5. The van der Waals surface area contributed by atoms with Crippen molar-refractivity contribution in [1.82, 2.24) is 9.80 Å². The van der Waals surface area contributed by atoms with Crippen molar-refractivity contribution in [3.8, 4) is 0 Å². The van der Waals surface area contributed by atoms with Crippen molar-refractivity contribution in [2.24, 2.45) is 5.92 Å². The van der Waals surface area contributed by atoms with Crippen LogP contribution in [0, 0.1) is 11.7 Å². The van der Waals surface area contributed by atoms with E-state index in [4.69, 9.17) is 0 Å². The average Bonchev–Trinajstić information content (AvgIpc) is 3.53. The Morgan fingerprint density at radius 2 is 1.89 bits per heavy atom. The van der Waals surface area contributed by atoms with E-state index in [0.717, 1.165) is 6.54 Å². The Labute approximate surface area is 165 Å². The van der Waals surface area contributed by atoms with E-state index >= 15 is 0 Å². The van der Waals surface area contributed by atoms with E-state index in [2.05, 4.69) is 17.0 Å². The smallest absolute Gasteiger partial charge is 0.253 e. The predicted octanol–water partition coefficient (Wildman–Crippen LogP) is 3.14. The number of benzene rings is 2. The van der Waals surface area contributed by atoms with Crippen LogP contribution in [-0.4, -0.2) is 59.6 Å². The molecular formula is C23H27FN2O2. The molecule has 2 fully saturated rings. The van der Waals surface area contributed by atoms with Gasteiger partial charge in [-0.05, 0) is 42.5 Å². The zero-order chi connectivity index (χ0) is 19.7. The van der Waals surface area contributed by atoms with Gasteiger partial charge in [0.1, 0.15) is 5.82 Å². The number of carbonyl (C=O) groups is 1.